The second-order valence-corrected chi connectivity index (χ2v) is 14.4. The van der Waals surface area contributed by atoms with Crippen molar-refractivity contribution in [1.82, 2.24) is 13.7 Å². The molecule has 58 heavy (non-hydrogen) atoms. The minimum Gasteiger partial charge on any atom is -0.397 e. The van der Waals surface area contributed by atoms with Crippen molar-refractivity contribution in [1.29, 1.82) is 15.8 Å². The highest BCUT2D eigenvalue weighted by Crippen LogP contribution is 2.51. The predicted octanol–water partition coefficient (Wildman–Crippen LogP) is 11.8. The van der Waals surface area contributed by atoms with E-state index in [1.54, 1.807) is 0 Å². The summed E-state index contributed by atoms with van der Waals surface area (Å²) < 4.78 is 6.75. The lowest BCUT2D eigenvalue weighted by Crippen LogP contribution is -2.02. The number of nitrogen functional groups attached to an aromatic ring is 1. The van der Waals surface area contributed by atoms with Crippen LogP contribution in [0.2, 0.25) is 0 Å². The van der Waals surface area contributed by atoms with Gasteiger partial charge in [0.15, 0.2) is 0 Å². The van der Waals surface area contributed by atoms with Crippen molar-refractivity contribution < 1.29 is 0 Å². The zero-order valence-electron chi connectivity index (χ0n) is 30.8. The zero-order chi connectivity index (χ0) is 39.1. The van der Waals surface area contributed by atoms with Gasteiger partial charge < -0.3 is 19.4 Å². The molecule has 11 rings (SSSR count). The molecule has 0 radical (unpaired) electrons. The average Bonchev–Trinajstić information content (AvgIpc) is 3.92. The van der Waals surface area contributed by atoms with Crippen molar-refractivity contribution in [2.75, 3.05) is 5.73 Å². The van der Waals surface area contributed by atoms with E-state index in [1.165, 1.54) is 0 Å². The molecule has 0 atom stereocenters. The van der Waals surface area contributed by atoms with Gasteiger partial charge in [0.1, 0.15) is 12.1 Å². The summed E-state index contributed by atoms with van der Waals surface area (Å²) >= 11 is 0. The molecule has 11 aromatic rings. The summed E-state index contributed by atoms with van der Waals surface area (Å²) in [6.45, 7) is 0. The standard InChI is InChI=1S/C51H29N7/c52-28-32-13-1-4-16-35(32)31-25-26-45(39(55)27-31)58-44-24-12-7-19-38(44)48-50-46(36-17-5-10-22-42(36)56(50)40-20-8-2-14-33(40)29-53)49-47(51(48)58)37-18-6-11-23-43(37)57(49)41-21-9-3-15-34(41)30-54/h1-27H,55H2. The molecule has 7 nitrogen and oxygen atoms in total. The fraction of sp³-hybridized carbons (Fsp3) is 0. The first kappa shape index (κ1) is 32.8. The lowest BCUT2D eigenvalue weighted by Gasteiger charge is -2.16. The van der Waals surface area contributed by atoms with E-state index in [4.69, 9.17) is 5.73 Å². The Kier molecular flexibility index (Phi) is 7.06. The van der Waals surface area contributed by atoms with Gasteiger partial charge in [-0.15, -0.1) is 0 Å². The van der Waals surface area contributed by atoms with Gasteiger partial charge in [-0.3, -0.25) is 0 Å². The average molecular weight is 740 g/mol. The monoisotopic (exact) mass is 739 g/mol. The summed E-state index contributed by atoms with van der Waals surface area (Å²) in [4.78, 5) is 0. The normalized spacial score (nSPS) is 11.5. The predicted molar refractivity (Wildman–Crippen MR) is 233 cm³/mol. The quantitative estimate of drug-likeness (QED) is 0.181. The summed E-state index contributed by atoms with van der Waals surface area (Å²) in [7, 11) is 0. The van der Waals surface area contributed by atoms with Crippen molar-refractivity contribution >= 4 is 71.1 Å². The summed E-state index contributed by atoms with van der Waals surface area (Å²) in [5.74, 6) is 0. The van der Waals surface area contributed by atoms with Crippen LogP contribution >= 0.6 is 0 Å². The first-order valence-corrected chi connectivity index (χ1v) is 18.9. The van der Waals surface area contributed by atoms with Crippen LogP contribution in [0, 0.1) is 34.0 Å². The van der Waals surface area contributed by atoms with Crippen molar-refractivity contribution in [2.45, 2.75) is 0 Å². The fourth-order valence-electron chi connectivity index (χ4n) is 9.18. The number of hydrogen-bond donors (Lipinski definition) is 1. The molecule has 3 heterocycles. The van der Waals surface area contributed by atoms with Crippen LogP contribution in [0.4, 0.5) is 5.69 Å². The van der Waals surface area contributed by atoms with Crippen LogP contribution in [-0.2, 0) is 0 Å². The molecule has 0 spiro atoms. The lowest BCUT2D eigenvalue weighted by molar-refractivity contribution is 1.16. The summed E-state index contributed by atoms with van der Waals surface area (Å²) in [5.41, 5.74) is 19.1. The Hall–Kier alpha value is -8.57. The molecule has 0 amide bonds. The highest BCUT2D eigenvalue weighted by molar-refractivity contribution is 6.40. The smallest absolute Gasteiger partial charge is 0.101 e. The lowest BCUT2D eigenvalue weighted by atomic mass is 9.99. The Balaban J connectivity index is 1.44. The van der Waals surface area contributed by atoms with Crippen molar-refractivity contribution in [2.24, 2.45) is 0 Å². The third-order valence-electron chi connectivity index (χ3n) is 11.5. The van der Waals surface area contributed by atoms with E-state index in [2.05, 4.69) is 86.5 Å². The molecular formula is C51H29N7. The minimum atomic E-state index is 0.551. The summed E-state index contributed by atoms with van der Waals surface area (Å²) in [5, 5.41) is 37.1. The maximum absolute atomic E-state index is 10.6. The third kappa shape index (κ3) is 4.40. The van der Waals surface area contributed by atoms with E-state index in [1.807, 2.05) is 109 Å². The van der Waals surface area contributed by atoms with Crippen LogP contribution in [0.1, 0.15) is 16.7 Å². The van der Waals surface area contributed by atoms with E-state index in [9.17, 15) is 15.8 Å². The number of para-hydroxylation sites is 5. The maximum atomic E-state index is 10.6. The number of hydrogen-bond acceptors (Lipinski definition) is 4. The van der Waals surface area contributed by atoms with Crippen LogP contribution in [0.3, 0.4) is 0 Å². The number of benzene rings is 8. The minimum absolute atomic E-state index is 0.551. The van der Waals surface area contributed by atoms with Gasteiger partial charge >= 0.3 is 0 Å². The van der Waals surface area contributed by atoms with Crippen LogP contribution in [0.5, 0.6) is 0 Å². The molecule has 0 aliphatic carbocycles. The molecule has 0 saturated carbocycles. The Labute approximate surface area is 332 Å². The summed E-state index contributed by atoms with van der Waals surface area (Å²) in [6, 6.07) is 61.5. The largest absolute Gasteiger partial charge is 0.397 e. The van der Waals surface area contributed by atoms with Gasteiger partial charge in [-0.1, -0.05) is 103 Å². The number of rotatable bonds is 4. The third-order valence-corrected chi connectivity index (χ3v) is 11.5. The van der Waals surface area contributed by atoms with Gasteiger partial charge in [0.05, 0.1) is 78.6 Å². The highest BCUT2D eigenvalue weighted by Gasteiger charge is 2.30. The molecule has 268 valence electrons. The Morgan fingerprint density at radius 2 is 0.759 bits per heavy atom. The van der Waals surface area contributed by atoms with Crippen molar-refractivity contribution in [3.63, 3.8) is 0 Å². The van der Waals surface area contributed by atoms with E-state index in [0.717, 1.165) is 93.6 Å². The number of fused-ring (bicyclic) bond motifs is 12. The number of nitrogens with zero attached hydrogens (tertiary/aromatic N) is 6. The Bertz CT molecular complexity index is 3600. The van der Waals surface area contributed by atoms with E-state index < -0.39 is 0 Å². The number of anilines is 1. The first-order chi connectivity index (χ1) is 28.6. The number of aromatic nitrogens is 3. The van der Waals surface area contributed by atoms with E-state index >= 15 is 0 Å². The number of nitriles is 3. The summed E-state index contributed by atoms with van der Waals surface area (Å²) in [6.07, 6.45) is 0. The molecule has 0 fully saturated rings. The fourth-order valence-corrected chi connectivity index (χ4v) is 9.18. The van der Waals surface area contributed by atoms with Crippen LogP contribution < -0.4 is 5.73 Å². The molecule has 0 aliphatic rings. The molecule has 2 N–H and O–H groups in total. The van der Waals surface area contributed by atoms with Gasteiger partial charge in [0, 0.05) is 32.3 Å². The van der Waals surface area contributed by atoms with E-state index in [0.29, 0.717) is 22.4 Å². The molecular weight excluding hydrogens is 711 g/mol. The van der Waals surface area contributed by atoms with Crippen LogP contribution in [0.15, 0.2) is 164 Å². The second kappa shape index (κ2) is 12.5. The topological polar surface area (TPSA) is 112 Å². The second-order valence-electron chi connectivity index (χ2n) is 14.4. The maximum Gasteiger partial charge on any atom is 0.101 e. The molecule has 7 heteroatoms. The van der Waals surface area contributed by atoms with Gasteiger partial charge in [0.25, 0.3) is 0 Å². The molecule has 0 aliphatic heterocycles. The van der Waals surface area contributed by atoms with Gasteiger partial charge in [-0.05, 0) is 71.8 Å². The molecule has 8 aromatic carbocycles. The number of nitrogens with two attached hydrogens (primary N) is 1. The molecule has 0 unspecified atom stereocenters. The van der Waals surface area contributed by atoms with Crippen LogP contribution in [-0.4, -0.2) is 13.7 Å². The zero-order valence-corrected chi connectivity index (χ0v) is 30.8. The SMILES string of the molecule is N#Cc1ccccc1-c1ccc(-n2c3ccccc3c3c2c2c4ccccc4n(-c4ccccc4C#N)c2c2c4ccccc4n(-c4ccccc4C#N)c32)c(N)c1. The van der Waals surface area contributed by atoms with Crippen molar-refractivity contribution in [3.05, 3.63) is 180 Å². The van der Waals surface area contributed by atoms with E-state index in [-0.39, 0.29) is 0 Å². The van der Waals surface area contributed by atoms with Gasteiger partial charge in [-0.25, -0.2) is 0 Å². The van der Waals surface area contributed by atoms with Gasteiger partial charge in [0.2, 0.25) is 0 Å². The molecule has 0 bridgehead atoms. The van der Waals surface area contributed by atoms with Gasteiger partial charge in [-0.2, -0.15) is 15.8 Å². The van der Waals surface area contributed by atoms with Crippen LogP contribution in [0.25, 0.3) is 93.6 Å². The Morgan fingerprint density at radius 3 is 1.21 bits per heavy atom. The first-order valence-electron chi connectivity index (χ1n) is 18.9. The molecule has 0 saturated heterocycles. The molecule has 3 aromatic heterocycles. The van der Waals surface area contributed by atoms with Crippen molar-refractivity contribution in [3.8, 4) is 46.4 Å². The highest BCUT2D eigenvalue weighted by atomic mass is 15.1. The Morgan fingerprint density at radius 1 is 0.379 bits per heavy atom.